The SMILES string of the molecule is COc1cc(-c2ccccc2)ccc1CN1CCOC(CN(C)CC(=O)O)C1. The fourth-order valence-corrected chi connectivity index (χ4v) is 3.60. The first-order valence-electron chi connectivity index (χ1n) is 9.52. The number of aliphatic carboxylic acids is 1. The lowest BCUT2D eigenvalue weighted by atomic mass is 10.0. The van der Waals surface area contributed by atoms with E-state index in [-0.39, 0.29) is 12.6 Å². The molecule has 1 aliphatic rings. The van der Waals surface area contributed by atoms with Crippen LogP contribution >= 0.6 is 0 Å². The maximum absolute atomic E-state index is 10.9. The molecular formula is C22H28N2O4. The highest BCUT2D eigenvalue weighted by Gasteiger charge is 2.23. The zero-order chi connectivity index (χ0) is 19.9. The van der Waals surface area contributed by atoms with E-state index in [2.05, 4.69) is 35.2 Å². The van der Waals surface area contributed by atoms with Crippen LogP contribution in [0.5, 0.6) is 5.75 Å². The molecule has 0 bridgehead atoms. The van der Waals surface area contributed by atoms with E-state index in [9.17, 15) is 4.79 Å². The minimum absolute atomic E-state index is 0.00712. The van der Waals surface area contributed by atoms with E-state index in [4.69, 9.17) is 14.6 Å². The predicted octanol–water partition coefficient (Wildman–Crippen LogP) is 2.58. The van der Waals surface area contributed by atoms with Gasteiger partial charge in [0.2, 0.25) is 0 Å². The molecule has 1 saturated heterocycles. The van der Waals surface area contributed by atoms with Gasteiger partial charge in [-0.2, -0.15) is 0 Å². The maximum atomic E-state index is 10.9. The summed E-state index contributed by atoms with van der Waals surface area (Å²) in [4.78, 5) is 15.0. The number of carboxylic acids is 1. The van der Waals surface area contributed by atoms with Crippen molar-refractivity contribution in [2.75, 3.05) is 46.9 Å². The van der Waals surface area contributed by atoms with Crippen molar-refractivity contribution in [3.63, 3.8) is 0 Å². The van der Waals surface area contributed by atoms with Crippen molar-refractivity contribution in [2.45, 2.75) is 12.6 Å². The number of methoxy groups -OCH3 is 1. The van der Waals surface area contributed by atoms with Gasteiger partial charge in [0.25, 0.3) is 0 Å². The van der Waals surface area contributed by atoms with Crippen LogP contribution in [0.15, 0.2) is 48.5 Å². The topological polar surface area (TPSA) is 62.2 Å². The van der Waals surface area contributed by atoms with Gasteiger partial charge in [0.1, 0.15) is 5.75 Å². The summed E-state index contributed by atoms with van der Waals surface area (Å²) in [5.74, 6) is 0.0609. The van der Waals surface area contributed by atoms with Gasteiger partial charge >= 0.3 is 5.97 Å². The molecule has 28 heavy (non-hydrogen) atoms. The summed E-state index contributed by atoms with van der Waals surface area (Å²) in [5, 5.41) is 8.92. The number of hydrogen-bond donors (Lipinski definition) is 1. The molecule has 0 aliphatic carbocycles. The number of carbonyl (C=O) groups is 1. The number of rotatable bonds is 8. The number of hydrogen-bond acceptors (Lipinski definition) is 5. The van der Waals surface area contributed by atoms with Crippen molar-refractivity contribution < 1.29 is 19.4 Å². The third kappa shape index (κ3) is 5.55. The van der Waals surface area contributed by atoms with E-state index >= 15 is 0 Å². The largest absolute Gasteiger partial charge is 0.496 e. The molecule has 2 aromatic carbocycles. The summed E-state index contributed by atoms with van der Waals surface area (Å²) in [6.07, 6.45) is 0.00712. The normalized spacial score (nSPS) is 17.6. The summed E-state index contributed by atoms with van der Waals surface area (Å²) in [7, 11) is 3.51. The lowest BCUT2D eigenvalue weighted by Crippen LogP contribution is -2.47. The van der Waals surface area contributed by atoms with Crippen molar-refractivity contribution in [1.82, 2.24) is 9.80 Å². The summed E-state index contributed by atoms with van der Waals surface area (Å²) >= 11 is 0. The smallest absolute Gasteiger partial charge is 0.317 e. The summed E-state index contributed by atoms with van der Waals surface area (Å²) in [6.45, 7) is 3.68. The van der Waals surface area contributed by atoms with Gasteiger partial charge in [-0.25, -0.2) is 0 Å². The summed E-state index contributed by atoms with van der Waals surface area (Å²) in [6, 6.07) is 16.6. The molecule has 0 amide bonds. The Morgan fingerprint density at radius 3 is 2.75 bits per heavy atom. The molecule has 1 aliphatic heterocycles. The second-order valence-corrected chi connectivity index (χ2v) is 7.21. The Morgan fingerprint density at radius 1 is 1.25 bits per heavy atom. The average Bonchev–Trinajstić information content (AvgIpc) is 2.68. The van der Waals surface area contributed by atoms with Gasteiger partial charge in [0, 0.05) is 31.7 Å². The molecular weight excluding hydrogens is 356 g/mol. The first-order valence-corrected chi connectivity index (χ1v) is 9.52. The van der Waals surface area contributed by atoms with E-state index in [1.807, 2.05) is 25.2 Å². The highest BCUT2D eigenvalue weighted by Crippen LogP contribution is 2.28. The second kappa shape index (κ2) is 9.68. The van der Waals surface area contributed by atoms with Gasteiger partial charge in [0.05, 0.1) is 26.4 Å². The molecule has 1 fully saturated rings. The van der Waals surface area contributed by atoms with Crippen molar-refractivity contribution in [1.29, 1.82) is 0 Å². The van der Waals surface area contributed by atoms with Gasteiger partial charge < -0.3 is 14.6 Å². The van der Waals surface area contributed by atoms with Crippen molar-refractivity contribution in [3.8, 4) is 16.9 Å². The molecule has 2 aromatic rings. The number of likely N-dealkylation sites (N-methyl/N-ethyl adjacent to an activating group) is 1. The fraction of sp³-hybridized carbons (Fsp3) is 0.409. The standard InChI is InChI=1S/C22H28N2O4/c1-23(16-22(25)26)14-20-15-24(10-11-28-20)13-19-9-8-18(12-21(19)27-2)17-6-4-3-5-7-17/h3-9,12,20H,10-11,13-16H2,1-2H3,(H,25,26). The fourth-order valence-electron chi connectivity index (χ4n) is 3.60. The Balaban J connectivity index is 1.65. The number of nitrogens with zero attached hydrogens (tertiary/aromatic N) is 2. The Hall–Kier alpha value is -2.41. The highest BCUT2D eigenvalue weighted by atomic mass is 16.5. The molecule has 0 radical (unpaired) electrons. The lowest BCUT2D eigenvalue weighted by Gasteiger charge is -2.34. The highest BCUT2D eigenvalue weighted by molar-refractivity contribution is 5.69. The van der Waals surface area contributed by atoms with Crippen LogP contribution < -0.4 is 4.74 Å². The Kier molecular flexibility index (Phi) is 7.03. The number of carboxylic acid groups (broad SMARTS) is 1. The second-order valence-electron chi connectivity index (χ2n) is 7.21. The van der Waals surface area contributed by atoms with Crippen molar-refractivity contribution in [2.24, 2.45) is 0 Å². The molecule has 6 nitrogen and oxygen atoms in total. The zero-order valence-corrected chi connectivity index (χ0v) is 16.5. The van der Waals surface area contributed by atoms with Crippen molar-refractivity contribution in [3.05, 3.63) is 54.1 Å². The molecule has 1 N–H and O–H groups in total. The molecule has 3 rings (SSSR count). The van der Waals surface area contributed by atoms with Gasteiger partial charge in [0.15, 0.2) is 0 Å². The molecule has 1 heterocycles. The van der Waals surface area contributed by atoms with Crippen LogP contribution in [-0.2, 0) is 16.1 Å². The van der Waals surface area contributed by atoms with E-state index in [0.29, 0.717) is 13.2 Å². The summed E-state index contributed by atoms with van der Waals surface area (Å²) < 4.78 is 11.5. The van der Waals surface area contributed by atoms with Crippen LogP contribution in [0.2, 0.25) is 0 Å². The number of morpholine rings is 1. The van der Waals surface area contributed by atoms with E-state index in [1.54, 1.807) is 12.0 Å². The number of benzene rings is 2. The Bertz CT molecular complexity index is 781. The van der Waals surface area contributed by atoms with Crippen LogP contribution in [0, 0.1) is 0 Å². The molecule has 0 saturated carbocycles. The third-order valence-corrected chi connectivity index (χ3v) is 4.93. The molecule has 0 aromatic heterocycles. The van der Waals surface area contributed by atoms with Gasteiger partial charge in [-0.3, -0.25) is 14.6 Å². The molecule has 1 atom stereocenters. The van der Waals surface area contributed by atoms with Crippen LogP contribution in [-0.4, -0.2) is 73.9 Å². The Morgan fingerprint density at radius 2 is 2.04 bits per heavy atom. The molecule has 6 heteroatoms. The molecule has 0 spiro atoms. The summed E-state index contributed by atoms with van der Waals surface area (Å²) in [5.41, 5.74) is 3.44. The first-order chi connectivity index (χ1) is 13.5. The maximum Gasteiger partial charge on any atom is 0.317 e. The molecule has 1 unspecified atom stereocenters. The van der Waals surface area contributed by atoms with E-state index in [0.717, 1.165) is 36.5 Å². The van der Waals surface area contributed by atoms with Crippen LogP contribution in [0.4, 0.5) is 0 Å². The number of ether oxygens (including phenoxy) is 2. The Labute approximate surface area is 166 Å². The monoisotopic (exact) mass is 384 g/mol. The quantitative estimate of drug-likeness (QED) is 0.755. The van der Waals surface area contributed by atoms with Gasteiger partial charge in [-0.15, -0.1) is 0 Å². The van der Waals surface area contributed by atoms with Gasteiger partial charge in [-0.1, -0.05) is 42.5 Å². The van der Waals surface area contributed by atoms with Crippen LogP contribution in [0.25, 0.3) is 11.1 Å². The first kappa shape index (κ1) is 20.3. The average molecular weight is 384 g/mol. The lowest BCUT2D eigenvalue weighted by molar-refractivity contribution is -0.138. The molecule has 150 valence electrons. The van der Waals surface area contributed by atoms with Crippen LogP contribution in [0.3, 0.4) is 0 Å². The zero-order valence-electron chi connectivity index (χ0n) is 16.5. The van der Waals surface area contributed by atoms with E-state index in [1.165, 1.54) is 5.56 Å². The minimum Gasteiger partial charge on any atom is -0.496 e. The predicted molar refractivity (Wildman–Crippen MR) is 109 cm³/mol. The van der Waals surface area contributed by atoms with Crippen LogP contribution in [0.1, 0.15) is 5.56 Å². The van der Waals surface area contributed by atoms with Gasteiger partial charge in [-0.05, 0) is 24.2 Å². The van der Waals surface area contributed by atoms with Crippen molar-refractivity contribution >= 4 is 5.97 Å². The third-order valence-electron chi connectivity index (χ3n) is 4.93. The minimum atomic E-state index is -0.821. The van der Waals surface area contributed by atoms with E-state index < -0.39 is 5.97 Å².